The summed E-state index contributed by atoms with van der Waals surface area (Å²) in [5.41, 5.74) is 1.27. The van der Waals surface area contributed by atoms with Gasteiger partial charge in [0.25, 0.3) is 0 Å². The van der Waals surface area contributed by atoms with Crippen molar-refractivity contribution in [2.75, 3.05) is 6.79 Å². The molecule has 2 aliphatic rings. The molecule has 3 nitrogen and oxygen atoms in total. The molecule has 1 saturated carbocycles. The molecule has 0 radical (unpaired) electrons. The van der Waals surface area contributed by atoms with Crippen molar-refractivity contribution in [2.24, 2.45) is 11.8 Å². The van der Waals surface area contributed by atoms with Crippen LogP contribution in [0.25, 0.3) is 0 Å². The summed E-state index contributed by atoms with van der Waals surface area (Å²) < 4.78 is 10.8. The minimum absolute atomic E-state index is 0.351. The highest BCUT2D eigenvalue weighted by atomic mass is 16.7. The second-order valence-electron chi connectivity index (χ2n) is 6.07. The van der Waals surface area contributed by atoms with E-state index in [1.807, 2.05) is 6.07 Å². The van der Waals surface area contributed by atoms with Crippen LogP contribution in [0.4, 0.5) is 0 Å². The van der Waals surface area contributed by atoms with E-state index >= 15 is 0 Å². The molecule has 1 N–H and O–H groups in total. The van der Waals surface area contributed by atoms with Crippen LogP contribution in [0.2, 0.25) is 0 Å². The quantitative estimate of drug-likeness (QED) is 0.905. The van der Waals surface area contributed by atoms with E-state index in [0.717, 1.165) is 29.9 Å². The largest absolute Gasteiger partial charge is 0.454 e. The Morgan fingerprint density at radius 3 is 2.89 bits per heavy atom. The molecule has 19 heavy (non-hydrogen) atoms. The normalized spacial score (nSPS) is 29.5. The SMILES string of the molecule is CC1CCC(C)C(NCc2ccc3c(c2)OCO3)C1. The van der Waals surface area contributed by atoms with Crippen molar-refractivity contribution in [3.8, 4) is 11.5 Å². The second kappa shape index (κ2) is 5.41. The van der Waals surface area contributed by atoms with Gasteiger partial charge in [-0.15, -0.1) is 0 Å². The highest BCUT2D eigenvalue weighted by molar-refractivity contribution is 5.44. The fourth-order valence-electron chi connectivity index (χ4n) is 3.12. The molecule has 1 aliphatic carbocycles. The molecule has 1 fully saturated rings. The number of ether oxygens (including phenoxy) is 2. The van der Waals surface area contributed by atoms with Crippen molar-refractivity contribution in [1.82, 2.24) is 5.32 Å². The summed E-state index contributed by atoms with van der Waals surface area (Å²) in [7, 11) is 0. The van der Waals surface area contributed by atoms with Gasteiger partial charge in [0.2, 0.25) is 6.79 Å². The summed E-state index contributed by atoms with van der Waals surface area (Å²) in [6, 6.07) is 6.87. The van der Waals surface area contributed by atoms with Crippen molar-refractivity contribution in [1.29, 1.82) is 0 Å². The van der Waals surface area contributed by atoms with E-state index in [2.05, 4.69) is 31.3 Å². The van der Waals surface area contributed by atoms with Crippen LogP contribution in [0.3, 0.4) is 0 Å². The Kier molecular flexibility index (Phi) is 3.65. The third-order valence-electron chi connectivity index (χ3n) is 4.46. The van der Waals surface area contributed by atoms with Crippen LogP contribution in [0.5, 0.6) is 11.5 Å². The van der Waals surface area contributed by atoms with Crippen LogP contribution < -0.4 is 14.8 Å². The van der Waals surface area contributed by atoms with E-state index in [4.69, 9.17) is 9.47 Å². The standard InChI is InChI=1S/C16H23NO2/c1-11-3-4-12(2)14(7-11)17-9-13-5-6-15-16(8-13)19-10-18-15/h5-6,8,11-12,14,17H,3-4,7,9-10H2,1-2H3. The molecule has 1 aromatic carbocycles. The number of rotatable bonds is 3. The van der Waals surface area contributed by atoms with Gasteiger partial charge in [-0.3, -0.25) is 0 Å². The van der Waals surface area contributed by atoms with Gasteiger partial charge in [-0.1, -0.05) is 26.3 Å². The molecule has 1 heterocycles. The molecule has 3 unspecified atom stereocenters. The Morgan fingerprint density at radius 1 is 1.16 bits per heavy atom. The van der Waals surface area contributed by atoms with Gasteiger partial charge in [-0.2, -0.15) is 0 Å². The first kappa shape index (κ1) is 12.8. The van der Waals surface area contributed by atoms with E-state index in [0.29, 0.717) is 12.8 Å². The van der Waals surface area contributed by atoms with E-state index in [-0.39, 0.29) is 0 Å². The molecule has 3 atom stereocenters. The third kappa shape index (κ3) is 2.86. The highest BCUT2D eigenvalue weighted by Crippen LogP contribution is 2.33. The number of fused-ring (bicyclic) bond motifs is 1. The van der Waals surface area contributed by atoms with Crippen molar-refractivity contribution in [3.05, 3.63) is 23.8 Å². The molecule has 3 heteroatoms. The Labute approximate surface area is 115 Å². The Balaban J connectivity index is 1.59. The molecule has 0 bridgehead atoms. The lowest BCUT2D eigenvalue weighted by Gasteiger charge is -2.33. The zero-order valence-electron chi connectivity index (χ0n) is 11.8. The number of hydrogen-bond acceptors (Lipinski definition) is 3. The molecule has 0 saturated heterocycles. The van der Waals surface area contributed by atoms with Gasteiger partial charge in [-0.05, 0) is 42.4 Å². The van der Waals surface area contributed by atoms with E-state index < -0.39 is 0 Å². The van der Waals surface area contributed by atoms with Gasteiger partial charge in [0.05, 0.1) is 0 Å². The van der Waals surface area contributed by atoms with Crippen LogP contribution in [0.15, 0.2) is 18.2 Å². The highest BCUT2D eigenvalue weighted by Gasteiger charge is 2.25. The molecule has 0 amide bonds. The monoisotopic (exact) mass is 261 g/mol. The maximum atomic E-state index is 5.42. The average Bonchev–Trinajstić information content (AvgIpc) is 2.87. The molecule has 1 aromatic rings. The smallest absolute Gasteiger partial charge is 0.231 e. The van der Waals surface area contributed by atoms with E-state index in [9.17, 15) is 0 Å². The Morgan fingerprint density at radius 2 is 2.00 bits per heavy atom. The lowest BCUT2D eigenvalue weighted by molar-refractivity contribution is 0.174. The predicted octanol–water partition coefficient (Wildman–Crippen LogP) is 3.33. The first-order chi connectivity index (χ1) is 9.22. The summed E-state index contributed by atoms with van der Waals surface area (Å²) in [5.74, 6) is 3.38. The van der Waals surface area contributed by atoms with Gasteiger partial charge in [-0.25, -0.2) is 0 Å². The van der Waals surface area contributed by atoms with Crippen molar-refractivity contribution in [3.63, 3.8) is 0 Å². The van der Waals surface area contributed by atoms with E-state index in [1.54, 1.807) is 0 Å². The van der Waals surface area contributed by atoms with Gasteiger partial charge in [0.1, 0.15) is 0 Å². The van der Waals surface area contributed by atoms with Gasteiger partial charge in [0, 0.05) is 12.6 Å². The van der Waals surface area contributed by atoms with E-state index in [1.165, 1.54) is 24.8 Å². The number of hydrogen-bond donors (Lipinski definition) is 1. The second-order valence-corrected chi connectivity index (χ2v) is 6.07. The third-order valence-corrected chi connectivity index (χ3v) is 4.46. The fourth-order valence-corrected chi connectivity index (χ4v) is 3.12. The van der Waals surface area contributed by atoms with Crippen LogP contribution in [-0.2, 0) is 6.54 Å². The Bertz CT molecular complexity index is 446. The van der Waals surface area contributed by atoms with Crippen LogP contribution in [0, 0.1) is 11.8 Å². The molecule has 3 rings (SSSR count). The van der Waals surface area contributed by atoms with Crippen LogP contribution >= 0.6 is 0 Å². The minimum Gasteiger partial charge on any atom is -0.454 e. The molecule has 0 aromatic heterocycles. The molecular formula is C16H23NO2. The topological polar surface area (TPSA) is 30.5 Å². The molecule has 1 aliphatic heterocycles. The zero-order chi connectivity index (χ0) is 13.2. The minimum atomic E-state index is 0.351. The summed E-state index contributed by atoms with van der Waals surface area (Å²) in [6.45, 7) is 5.99. The predicted molar refractivity (Wildman–Crippen MR) is 75.4 cm³/mol. The summed E-state index contributed by atoms with van der Waals surface area (Å²) in [4.78, 5) is 0. The first-order valence-electron chi connectivity index (χ1n) is 7.34. The Hall–Kier alpha value is -1.22. The average molecular weight is 261 g/mol. The van der Waals surface area contributed by atoms with Crippen LogP contribution in [-0.4, -0.2) is 12.8 Å². The van der Waals surface area contributed by atoms with Crippen LogP contribution in [0.1, 0.15) is 38.7 Å². The fraction of sp³-hybridized carbons (Fsp3) is 0.625. The maximum absolute atomic E-state index is 5.42. The summed E-state index contributed by atoms with van der Waals surface area (Å²) in [5, 5.41) is 3.71. The molecular weight excluding hydrogens is 238 g/mol. The first-order valence-corrected chi connectivity index (χ1v) is 7.34. The lowest BCUT2D eigenvalue weighted by Crippen LogP contribution is -2.39. The maximum Gasteiger partial charge on any atom is 0.231 e. The molecule has 104 valence electrons. The lowest BCUT2D eigenvalue weighted by atomic mass is 9.80. The zero-order valence-corrected chi connectivity index (χ0v) is 11.8. The van der Waals surface area contributed by atoms with Gasteiger partial charge >= 0.3 is 0 Å². The van der Waals surface area contributed by atoms with Crippen molar-refractivity contribution < 1.29 is 9.47 Å². The number of benzene rings is 1. The molecule has 0 spiro atoms. The van der Waals surface area contributed by atoms with Gasteiger partial charge in [0.15, 0.2) is 11.5 Å². The summed E-state index contributed by atoms with van der Waals surface area (Å²) in [6.07, 6.45) is 4.02. The van der Waals surface area contributed by atoms with Gasteiger partial charge < -0.3 is 14.8 Å². The van der Waals surface area contributed by atoms with Crippen molar-refractivity contribution >= 4 is 0 Å². The summed E-state index contributed by atoms with van der Waals surface area (Å²) >= 11 is 0. The van der Waals surface area contributed by atoms with Crippen molar-refractivity contribution in [2.45, 2.75) is 45.7 Å². The number of nitrogens with one attached hydrogen (secondary N) is 1.